The third-order valence-electron chi connectivity index (χ3n) is 3.42. The van der Waals surface area contributed by atoms with Crippen LogP contribution in [0.5, 0.6) is 5.75 Å². The molecule has 8 nitrogen and oxygen atoms in total. The van der Waals surface area contributed by atoms with Gasteiger partial charge in [-0.25, -0.2) is 9.78 Å². The second-order valence-electron chi connectivity index (χ2n) is 5.19. The smallest absolute Gasteiger partial charge is 0.345 e. The third-order valence-corrected chi connectivity index (χ3v) is 3.42. The van der Waals surface area contributed by atoms with Crippen LogP contribution in [0.1, 0.15) is 28.5 Å². The Hall–Kier alpha value is -3.16. The Kier molecular flexibility index (Phi) is 5.89. The molecule has 2 rings (SSSR count). The van der Waals surface area contributed by atoms with Gasteiger partial charge < -0.3 is 14.8 Å². The Morgan fingerprint density at radius 3 is 2.56 bits per heavy atom. The number of carbonyl (C=O) groups excluding carboxylic acids is 1. The van der Waals surface area contributed by atoms with Crippen molar-refractivity contribution >= 4 is 17.5 Å². The Bertz CT molecular complexity index is 775. The number of anilines is 1. The van der Waals surface area contributed by atoms with Crippen LogP contribution in [0.3, 0.4) is 0 Å². The van der Waals surface area contributed by atoms with Crippen molar-refractivity contribution in [2.24, 2.45) is 0 Å². The van der Waals surface area contributed by atoms with E-state index in [1.807, 2.05) is 12.1 Å². The summed E-state index contributed by atoms with van der Waals surface area (Å²) >= 11 is 0. The average molecular weight is 345 g/mol. The van der Waals surface area contributed by atoms with Crippen molar-refractivity contribution in [2.45, 2.75) is 20.4 Å². The topological polar surface area (TPSA) is 104 Å². The van der Waals surface area contributed by atoms with Crippen LogP contribution in [-0.2, 0) is 11.3 Å². The number of nitro groups is 1. The van der Waals surface area contributed by atoms with Gasteiger partial charge in [0, 0.05) is 12.2 Å². The number of ether oxygens (including phenoxy) is 2. The molecule has 0 unspecified atom stereocenters. The summed E-state index contributed by atoms with van der Waals surface area (Å²) in [4.78, 5) is 27.0. The molecule has 0 aliphatic heterocycles. The summed E-state index contributed by atoms with van der Waals surface area (Å²) in [5.41, 5.74) is 0.858. The van der Waals surface area contributed by atoms with Gasteiger partial charge >= 0.3 is 11.7 Å². The van der Waals surface area contributed by atoms with Gasteiger partial charge in [0.15, 0.2) is 0 Å². The molecule has 0 aliphatic rings. The number of rotatable bonds is 7. The van der Waals surface area contributed by atoms with Crippen molar-refractivity contribution in [1.29, 1.82) is 0 Å². The number of aromatic nitrogens is 1. The summed E-state index contributed by atoms with van der Waals surface area (Å²) in [6.45, 7) is 3.74. The minimum atomic E-state index is -0.743. The van der Waals surface area contributed by atoms with Gasteiger partial charge in [-0.05, 0) is 37.6 Å². The monoisotopic (exact) mass is 345 g/mol. The summed E-state index contributed by atoms with van der Waals surface area (Å²) in [6, 6.07) is 8.60. The highest BCUT2D eigenvalue weighted by Gasteiger charge is 2.27. The molecule has 1 aromatic heterocycles. The first-order chi connectivity index (χ1) is 12.0. The maximum absolute atomic E-state index is 12.0. The molecule has 1 N–H and O–H groups in total. The zero-order valence-electron chi connectivity index (χ0n) is 14.2. The van der Waals surface area contributed by atoms with Crippen molar-refractivity contribution in [3.05, 3.63) is 57.3 Å². The van der Waals surface area contributed by atoms with Crippen molar-refractivity contribution in [3.8, 4) is 5.75 Å². The Balaban J connectivity index is 2.32. The van der Waals surface area contributed by atoms with Crippen molar-refractivity contribution < 1.29 is 19.2 Å². The van der Waals surface area contributed by atoms with Gasteiger partial charge in [0.25, 0.3) is 0 Å². The van der Waals surface area contributed by atoms with E-state index in [-0.39, 0.29) is 18.0 Å². The molecule has 25 heavy (non-hydrogen) atoms. The molecule has 132 valence electrons. The number of nitrogens with zero attached hydrogens (tertiary/aromatic N) is 2. The van der Waals surface area contributed by atoms with Gasteiger partial charge in [0.1, 0.15) is 11.3 Å². The first-order valence-corrected chi connectivity index (χ1v) is 7.66. The maximum atomic E-state index is 12.0. The van der Waals surface area contributed by atoms with E-state index in [9.17, 15) is 14.9 Å². The average Bonchev–Trinajstić information content (AvgIpc) is 2.59. The summed E-state index contributed by atoms with van der Waals surface area (Å²) in [5, 5.41) is 14.4. The molecule has 0 radical (unpaired) electrons. The fraction of sp³-hybridized carbons (Fsp3) is 0.294. The lowest BCUT2D eigenvalue weighted by Crippen LogP contribution is -2.13. The molecule has 1 aromatic carbocycles. The summed E-state index contributed by atoms with van der Waals surface area (Å²) in [6.07, 6.45) is 0. The number of pyridine rings is 1. The van der Waals surface area contributed by atoms with Crippen LogP contribution in [0, 0.1) is 17.0 Å². The molecule has 2 aromatic rings. The lowest BCUT2D eigenvalue weighted by molar-refractivity contribution is -0.384. The first-order valence-electron chi connectivity index (χ1n) is 7.66. The maximum Gasteiger partial charge on any atom is 0.345 e. The van der Waals surface area contributed by atoms with E-state index >= 15 is 0 Å². The normalized spacial score (nSPS) is 10.2. The first kappa shape index (κ1) is 18.2. The standard InChI is InChI=1S/C17H19N3O5/c1-4-25-17(21)14-9-11(2)19-16(15(14)20(22)23)18-10-12-5-7-13(24-3)8-6-12/h5-9H,4,10H2,1-3H3,(H,18,19). The van der Waals surface area contributed by atoms with Crippen molar-refractivity contribution in [2.75, 3.05) is 19.0 Å². The van der Waals surface area contributed by atoms with Gasteiger partial charge in [0.2, 0.25) is 5.82 Å². The van der Waals surface area contributed by atoms with Crippen LogP contribution in [-0.4, -0.2) is 29.6 Å². The fourth-order valence-corrected chi connectivity index (χ4v) is 2.27. The molecule has 0 bridgehead atoms. The Morgan fingerprint density at radius 2 is 2.00 bits per heavy atom. The number of nitrogens with one attached hydrogen (secondary N) is 1. The lowest BCUT2D eigenvalue weighted by Gasteiger charge is -2.11. The highest BCUT2D eigenvalue weighted by molar-refractivity contribution is 5.96. The molecule has 0 spiro atoms. The van der Waals surface area contributed by atoms with E-state index in [1.54, 1.807) is 33.1 Å². The highest BCUT2D eigenvalue weighted by atomic mass is 16.6. The number of esters is 1. The predicted molar refractivity (Wildman–Crippen MR) is 91.9 cm³/mol. The molecule has 0 saturated heterocycles. The number of carbonyl (C=O) groups is 1. The molecule has 0 aliphatic carbocycles. The molecule has 0 atom stereocenters. The molecule has 0 saturated carbocycles. The number of aryl methyl sites for hydroxylation is 1. The minimum absolute atomic E-state index is 0.0314. The zero-order chi connectivity index (χ0) is 18.4. The van der Waals surface area contributed by atoms with Crippen LogP contribution in [0.25, 0.3) is 0 Å². The zero-order valence-corrected chi connectivity index (χ0v) is 14.2. The molecular weight excluding hydrogens is 326 g/mol. The molecule has 8 heteroatoms. The van der Waals surface area contributed by atoms with E-state index in [1.165, 1.54) is 6.07 Å². The third kappa shape index (κ3) is 4.43. The van der Waals surface area contributed by atoms with Crippen LogP contribution < -0.4 is 10.1 Å². The number of methoxy groups -OCH3 is 1. The second kappa shape index (κ2) is 8.09. The summed E-state index contributed by atoms with van der Waals surface area (Å²) < 4.78 is 9.99. The number of hydrogen-bond acceptors (Lipinski definition) is 7. The van der Waals surface area contributed by atoms with Crippen LogP contribution >= 0.6 is 0 Å². The van der Waals surface area contributed by atoms with Gasteiger partial charge in [-0.3, -0.25) is 10.1 Å². The minimum Gasteiger partial charge on any atom is -0.497 e. The van der Waals surface area contributed by atoms with Crippen molar-refractivity contribution in [1.82, 2.24) is 4.98 Å². The second-order valence-corrected chi connectivity index (χ2v) is 5.19. The highest BCUT2D eigenvalue weighted by Crippen LogP contribution is 2.29. The van der Waals surface area contributed by atoms with Gasteiger partial charge in [-0.1, -0.05) is 12.1 Å². The van der Waals surface area contributed by atoms with Gasteiger partial charge in [0.05, 0.1) is 18.6 Å². The van der Waals surface area contributed by atoms with E-state index in [2.05, 4.69) is 10.3 Å². The van der Waals surface area contributed by atoms with Crippen LogP contribution in [0.15, 0.2) is 30.3 Å². The van der Waals surface area contributed by atoms with Crippen LogP contribution in [0.4, 0.5) is 11.5 Å². The van der Waals surface area contributed by atoms with E-state index in [0.717, 1.165) is 5.56 Å². The quantitative estimate of drug-likeness (QED) is 0.467. The Labute approximate surface area is 144 Å². The van der Waals surface area contributed by atoms with Crippen molar-refractivity contribution in [3.63, 3.8) is 0 Å². The number of hydrogen-bond donors (Lipinski definition) is 1. The summed E-state index contributed by atoms with van der Waals surface area (Å²) in [5.74, 6) is 0.00378. The van der Waals surface area contributed by atoms with Gasteiger partial charge in [-0.15, -0.1) is 0 Å². The fourth-order valence-electron chi connectivity index (χ4n) is 2.27. The molecule has 1 heterocycles. The Morgan fingerprint density at radius 1 is 1.32 bits per heavy atom. The molecule has 0 amide bonds. The molecular formula is C17H19N3O5. The van der Waals surface area contributed by atoms with Gasteiger partial charge in [-0.2, -0.15) is 0 Å². The van der Waals surface area contributed by atoms with E-state index < -0.39 is 16.6 Å². The van der Waals surface area contributed by atoms with E-state index in [4.69, 9.17) is 9.47 Å². The largest absolute Gasteiger partial charge is 0.497 e. The van der Waals surface area contributed by atoms with E-state index in [0.29, 0.717) is 18.0 Å². The van der Waals surface area contributed by atoms with Crippen LogP contribution in [0.2, 0.25) is 0 Å². The lowest BCUT2D eigenvalue weighted by atomic mass is 10.1. The SMILES string of the molecule is CCOC(=O)c1cc(C)nc(NCc2ccc(OC)cc2)c1[N+](=O)[O-]. The molecule has 0 fully saturated rings. The predicted octanol–water partition coefficient (Wildman–Crippen LogP) is 3.10. The number of benzene rings is 1. The summed E-state index contributed by atoms with van der Waals surface area (Å²) in [7, 11) is 1.57.